The maximum atomic E-state index is 13.0. The van der Waals surface area contributed by atoms with Gasteiger partial charge in [-0.15, -0.1) is 0 Å². The number of unbranched alkanes of at least 4 members (excludes halogenated alkanes) is 35. The van der Waals surface area contributed by atoms with Crippen LogP contribution in [0.15, 0.2) is 134 Å². The van der Waals surface area contributed by atoms with Gasteiger partial charge >= 0.3 is 11.9 Å². The smallest absolute Gasteiger partial charge is 0.306 e. The first-order valence-electron chi connectivity index (χ1n) is 39.3. The number of carboxylic acid groups (broad SMARTS) is 1. The van der Waals surface area contributed by atoms with Crippen LogP contribution in [0.3, 0.4) is 0 Å². The van der Waals surface area contributed by atoms with Gasteiger partial charge in [0.15, 0.2) is 12.4 Å². The number of likely N-dealkylation sites (N-methyl/N-ethyl adjacent to an activating group) is 1. The average molecular weight is 1320 g/mol. The van der Waals surface area contributed by atoms with Gasteiger partial charge in [0.25, 0.3) is 0 Å². The van der Waals surface area contributed by atoms with Crippen LogP contribution in [0, 0.1) is 0 Å². The Bertz CT molecular complexity index is 2030. The number of quaternary nitrogens is 1. The van der Waals surface area contributed by atoms with E-state index in [0.29, 0.717) is 17.4 Å². The van der Waals surface area contributed by atoms with Crippen molar-refractivity contribution in [3.05, 3.63) is 134 Å². The van der Waals surface area contributed by atoms with Crippen molar-refractivity contribution in [2.24, 2.45) is 0 Å². The van der Waals surface area contributed by atoms with E-state index in [4.69, 9.17) is 18.9 Å². The fourth-order valence-corrected chi connectivity index (χ4v) is 11.0. The zero-order valence-corrected chi connectivity index (χ0v) is 62.3. The number of allylic oxidation sites excluding steroid dienone is 22. The summed E-state index contributed by atoms with van der Waals surface area (Å²) in [5.41, 5.74) is 0. The van der Waals surface area contributed by atoms with Gasteiger partial charge in [-0.05, 0) is 109 Å². The highest BCUT2D eigenvalue weighted by atomic mass is 16.7. The van der Waals surface area contributed by atoms with E-state index >= 15 is 0 Å². The van der Waals surface area contributed by atoms with Crippen molar-refractivity contribution >= 4 is 17.9 Å². The minimum Gasteiger partial charge on any atom is -0.545 e. The van der Waals surface area contributed by atoms with Crippen molar-refractivity contribution in [3.8, 4) is 0 Å². The monoisotopic (exact) mass is 1320 g/mol. The van der Waals surface area contributed by atoms with Gasteiger partial charge in [-0.2, -0.15) is 0 Å². The molecule has 95 heavy (non-hydrogen) atoms. The van der Waals surface area contributed by atoms with Crippen molar-refractivity contribution in [1.82, 2.24) is 0 Å². The minimum atomic E-state index is -1.63. The van der Waals surface area contributed by atoms with E-state index in [-0.39, 0.29) is 38.6 Å². The molecule has 9 nitrogen and oxygen atoms in total. The Morgan fingerprint density at radius 1 is 0.316 bits per heavy atom. The first-order chi connectivity index (χ1) is 46.6. The van der Waals surface area contributed by atoms with Crippen LogP contribution in [-0.2, 0) is 33.3 Å². The van der Waals surface area contributed by atoms with Crippen LogP contribution in [0.2, 0.25) is 0 Å². The first-order valence-corrected chi connectivity index (χ1v) is 39.3. The molecule has 0 saturated heterocycles. The van der Waals surface area contributed by atoms with Crippen LogP contribution in [0.25, 0.3) is 0 Å². The highest BCUT2D eigenvalue weighted by molar-refractivity contribution is 5.70. The topological polar surface area (TPSA) is 111 Å². The van der Waals surface area contributed by atoms with Gasteiger partial charge in [-0.25, -0.2) is 0 Å². The number of carboxylic acids is 1. The molecule has 0 aliphatic rings. The van der Waals surface area contributed by atoms with Crippen LogP contribution < -0.4 is 5.11 Å². The lowest BCUT2D eigenvalue weighted by Gasteiger charge is -2.26. The molecular formula is C86H147NO8. The predicted molar refractivity (Wildman–Crippen MR) is 407 cm³/mol. The Morgan fingerprint density at radius 2 is 0.568 bits per heavy atom. The second-order valence-electron chi connectivity index (χ2n) is 27.2. The van der Waals surface area contributed by atoms with Gasteiger partial charge in [0, 0.05) is 12.8 Å². The molecule has 0 aromatic rings. The summed E-state index contributed by atoms with van der Waals surface area (Å²) in [6, 6.07) is 0. The van der Waals surface area contributed by atoms with Crippen LogP contribution in [0.4, 0.5) is 0 Å². The number of carbonyl (C=O) groups is 3. The van der Waals surface area contributed by atoms with Crippen LogP contribution in [-0.4, -0.2) is 82.3 Å². The molecule has 544 valence electrons. The Morgan fingerprint density at radius 3 is 0.842 bits per heavy atom. The normalized spacial score (nSPS) is 13.4. The summed E-state index contributed by atoms with van der Waals surface area (Å²) in [6.07, 6.45) is 106. The number of rotatable bonds is 72. The number of aliphatic carboxylic acids is 1. The van der Waals surface area contributed by atoms with Crippen molar-refractivity contribution in [2.75, 3.05) is 47.5 Å². The minimum absolute atomic E-state index is 0.145. The van der Waals surface area contributed by atoms with E-state index < -0.39 is 24.3 Å². The third kappa shape index (κ3) is 76.7. The van der Waals surface area contributed by atoms with Gasteiger partial charge in [-0.3, -0.25) is 9.59 Å². The quantitative estimate of drug-likeness (QED) is 0.0195. The Hall–Kier alpha value is -4.57. The molecule has 2 atom stereocenters. The lowest BCUT2D eigenvalue weighted by atomic mass is 10.0. The molecule has 0 bridgehead atoms. The molecule has 0 aromatic carbocycles. The average Bonchev–Trinajstić information content (AvgIpc) is 3.54. The summed E-state index contributed by atoms with van der Waals surface area (Å²) in [5.74, 6) is -2.27. The zero-order valence-electron chi connectivity index (χ0n) is 62.3. The maximum absolute atomic E-state index is 13.0. The molecular weight excluding hydrogens is 1170 g/mol. The fourth-order valence-electron chi connectivity index (χ4n) is 11.0. The van der Waals surface area contributed by atoms with Crippen molar-refractivity contribution < 1.29 is 42.9 Å². The van der Waals surface area contributed by atoms with Crippen LogP contribution >= 0.6 is 0 Å². The van der Waals surface area contributed by atoms with E-state index in [0.717, 1.165) is 103 Å². The summed E-state index contributed by atoms with van der Waals surface area (Å²) < 4.78 is 22.9. The van der Waals surface area contributed by atoms with Gasteiger partial charge < -0.3 is 33.3 Å². The van der Waals surface area contributed by atoms with E-state index in [1.807, 2.05) is 21.1 Å². The number of hydrogen-bond donors (Lipinski definition) is 0. The third-order valence-corrected chi connectivity index (χ3v) is 16.9. The van der Waals surface area contributed by atoms with Crippen LogP contribution in [0.1, 0.15) is 335 Å². The van der Waals surface area contributed by atoms with E-state index in [2.05, 4.69) is 148 Å². The molecule has 0 spiro atoms. The molecule has 0 saturated carbocycles. The number of esters is 2. The van der Waals surface area contributed by atoms with Gasteiger partial charge in [0.1, 0.15) is 13.2 Å². The lowest BCUT2D eigenvalue weighted by molar-refractivity contribution is -0.870. The SMILES string of the molecule is CC/C=C\C/C=C\C/C=C\C/C=C\C/C=C\C/C=C\CCCCCCCCCCCCCCCCCCCCCCCCC(=O)OC(COC(=O)CCCCCCCCCCCCCCC/C=C\C/C=C\C/C=C\C/C=C\C/C=C\CC)COC(OCC[N+](C)(C)C)C(=O)[O-]. The number of ether oxygens (including phenoxy) is 4. The Balaban J connectivity index is 4.01. The molecule has 0 radical (unpaired) electrons. The molecule has 0 aliphatic carbocycles. The highest BCUT2D eigenvalue weighted by Gasteiger charge is 2.22. The second-order valence-corrected chi connectivity index (χ2v) is 27.2. The van der Waals surface area contributed by atoms with Gasteiger partial charge in [-0.1, -0.05) is 347 Å². The second kappa shape index (κ2) is 75.2. The van der Waals surface area contributed by atoms with E-state index in [1.165, 1.54) is 199 Å². The number of hydrogen-bond acceptors (Lipinski definition) is 8. The molecule has 0 heterocycles. The Labute approximate surface area is 586 Å². The molecule has 0 aromatic heterocycles. The van der Waals surface area contributed by atoms with Crippen molar-refractivity contribution in [2.45, 2.75) is 347 Å². The molecule has 9 heteroatoms. The van der Waals surface area contributed by atoms with Gasteiger partial charge in [0.05, 0.1) is 40.3 Å². The molecule has 0 aliphatic heterocycles. The molecule has 0 N–H and O–H groups in total. The fraction of sp³-hybridized carbons (Fsp3) is 0.709. The third-order valence-electron chi connectivity index (χ3n) is 16.9. The van der Waals surface area contributed by atoms with Crippen molar-refractivity contribution in [3.63, 3.8) is 0 Å². The van der Waals surface area contributed by atoms with E-state index in [1.54, 1.807) is 0 Å². The summed E-state index contributed by atoms with van der Waals surface area (Å²) in [5, 5.41) is 11.9. The maximum Gasteiger partial charge on any atom is 0.306 e. The number of carbonyl (C=O) groups excluding carboxylic acids is 3. The molecule has 0 rings (SSSR count). The molecule has 2 unspecified atom stereocenters. The van der Waals surface area contributed by atoms with Gasteiger partial charge in [0.2, 0.25) is 0 Å². The standard InChI is InChI=1S/C86H147NO8/c1-6-8-10-12-14-16-18-20-22-24-26-28-30-32-34-36-37-38-39-40-41-42-43-44-45-46-47-49-51-53-55-57-59-61-63-65-67-69-71-73-75-77-84(89)95-82(81-94-86(85(90)91)92-79-78-87(3,4)5)80-93-83(88)76-74-72-70-68-66-64-62-60-58-56-54-52-50-48-35-33-31-29-27-25-23-21-19-17-15-13-11-9-7-2/h8-11,14-17,20-23,26-29,32-35,37-38,82,86H,6-7,12-13,18-19,24-25,30-31,36,39-81H2,1-5H3/b10-8-,11-9-,16-14-,17-15-,22-20-,23-21-,28-26-,29-27-,34-32-,35-33-,38-37-. The lowest BCUT2D eigenvalue weighted by Crippen LogP contribution is -2.44. The summed E-state index contributed by atoms with van der Waals surface area (Å²) >= 11 is 0. The largest absolute Gasteiger partial charge is 0.545 e. The Kier molecular flexibility index (Phi) is 71.6. The first kappa shape index (κ1) is 90.4. The van der Waals surface area contributed by atoms with E-state index in [9.17, 15) is 19.5 Å². The highest BCUT2D eigenvalue weighted by Crippen LogP contribution is 2.18. The molecule has 0 amide bonds. The zero-order chi connectivity index (χ0) is 69.0. The predicted octanol–water partition coefficient (Wildman–Crippen LogP) is 23.9. The summed E-state index contributed by atoms with van der Waals surface area (Å²) in [6.45, 7) is 4.55. The number of nitrogens with zero attached hydrogens (tertiary/aromatic N) is 1. The summed E-state index contributed by atoms with van der Waals surface area (Å²) in [4.78, 5) is 37.6. The summed E-state index contributed by atoms with van der Waals surface area (Å²) in [7, 11) is 5.94. The van der Waals surface area contributed by atoms with Crippen LogP contribution in [0.5, 0.6) is 0 Å². The van der Waals surface area contributed by atoms with Crippen molar-refractivity contribution in [1.29, 1.82) is 0 Å². The molecule has 0 fully saturated rings.